The SMILES string of the molecule is C/C(F)=C1/C=CC=CC1. The van der Waals surface area contributed by atoms with Gasteiger partial charge in [-0.2, -0.15) is 0 Å². The molecule has 0 aromatic rings. The van der Waals surface area contributed by atoms with Gasteiger partial charge in [-0.25, -0.2) is 4.39 Å². The Balaban J connectivity index is 2.78. The molecule has 0 spiro atoms. The van der Waals surface area contributed by atoms with E-state index in [0.29, 0.717) is 0 Å². The fraction of sp³-hybridized carbons (Fsp3) is 0.250. The molecule has 1 aliphatic rings. The minimum Gasteiger partial charge on any atom is -0.212 e. The molecule has 0 radical (unpaired) electrons. The number of allylic oxidation sites excluding steroid dienone is 6. The monoisotopic (exact) mass is 124 g/mol. The van der Waals surface area contributed by atoms with Crippen LogP contribution in [-0.4, -0.2) is 0 Å². The summed E-state index contributed by atoms with van der Waals surface area (Å²) >= 11 is 0. The van der Waals surface area contributed by atoms with Crippen molar-refractivity contribution in [2.75, 3.05) is 0 Å². The summed E-state index contributed by atoms with van der Waals surface area (Å²) < 4.78 is 12.4. The maximum Gasteiger partial charge on any atom is 0.100 e. The van der Waals surface area contributed by atoms with Crippen molar-refractivity contribution in [2.24, 2.45) is 0 Å². The Morgan fingerprint density at radius 3 is 2.67 bits per heavy atom. The van der Waals surface area contributed by atoms with Crippen LogP contribution in [0.2, 0.25) is 0 Å². The molecule has 0 atom stereocenters. The minimum atomic E-state index is -0.0735. The molecule has 0 aromatic carbocycles. The highest BCUT2D eigenvalue weighted by Crippen LogP contribution is 2.15. The van der Waals surface area contributed by atoms with Crippen LogP contribution in [-0.2, 0) is 0 Å². The molecular weight excluding hydrogens is 115 g/mol. The van der Waals surface area contributed by atoms with Crippen LogP contribution in [0, 0.1) is 0 Å². The molecule has 9 heavy (non-hydrogen) atoms. The zero-order valence-corrected chi connectivity index (χ0v) is 5.39. The average molecular weight is 124 g/mol. The van der Waals surface area contributed by atoms with Crippen molar-refractivity contribution in [2.45, 2.75) is 13.3 Å². The van der Waals surface area contributed by atoms with Gasteiger partial charge in [-0.3, -0.25) is 0 Å². The van der Waals surface area contributed by atoms with Crippen molar-refractivity contribution in [3.8, 4) is 0 Å². The fourth-order valence-corrected chi connectivity index (χ4v) is 0.769. The van der Waals surface area contributed by atoms with E-state index in [0.717, 1.165) is 12.0 Å². The first-order valence-corrected chi connectivity index (χ1v) is 2.99. The predicted octanol–water partition coefficient (Wildman–Crippen LogP) is 2.75. The lowest BCUT2D eigenvalue weighted by atomic mass is 10.1. The van der Waals surface area contributed by atoms with Gasteiger partial charge in [0, 0.05) is 0 Å². The van der Waals surface area contributed by atoms with Crippen LogP contribution in [0.4, 0.5) is 4.39 Å². The van der Waals surface area contributed by atoms with E-state index in [1.807, 2.05) is 18.2 Å². The third kappa shape index (κ3) is 1.53. The van der Waals surface area contributed by atoms with E-state index >= 15 is 0 Å². The highest BCUT2D eigenvalue weighted by Gasteiger charge is 1.96. The van der Waals surface area contributed by atoms with Crippen LogP contribution in [0.5, 0.6) is 0 Å². The van der Waals surface area contributed by atoms with Gasteiger partial charge in [0.1, 0.15) is 5.83 Å². The standard InChI is InChI=1S/C8H9F/c1-7(9)8-5-3-2-4-6-8/h2-5H,6H2,1H3/b8-7+. The van der Waals surface area contributed by atoms with Crippen LogP contribution in [0.1, 0.15) is 13.3 Å². The summed E-state index contributed by atoms with van der Waals surface area (Å²) in [5.41, 5.74) is 0.789. The molecule has 0 aromatic heterocycles. The first kappa shape index (κ1) is 6.27. The van der Waals surface area contributed by atoms with E-state index in [-0.39, 0.29) is 5.83 Å². The molecule has 0 saturated carbocycles. The molecule has 0 N–H and O–H groups in total. The molecular formula is C8H9F. The molecule has 0 aliphatic heterocycles. The Hall–Kier alpha value is -0.850. The second-order valence-electron chi connectivity index (χ2n) is 2.05. The van der Waals surface area contributed by atoms with Crippen LogP contribution < -0.4 is 0 Å². The van der Waals surface area contributed by atoms with Gasteiger partial charge < -0.3 is 0 Å². The average Bonchev–Trinajstić information content (AvgIpc) is 1.90. The van der Waals surface area contributed by atoms with Gasteiger partial charge in [0.25, 0.3) is 0 Å². The molecule has 0 fully saturated rings. The topological polar surface area (TPSA) is 0 Å². The Morgan fingerprint density at radius 1 is 1.56 bits per heavy atom. The Labute approximate surface area is 54.4 Å². The number of hydrogen-bond acceptors (Lipinski definition) is 0. The van der Waals surface area contributed by atoms with E-state index in [2.05, 4.69) is 0 Å². The molecule has 0 unspecified atom stereocenters. The summed E-state index contributed by atoms with van der Waals surface area (Å²) in [7, 11) is 0. The maximum atomic E-state index is 12.4. The molecule has 1 heteroatoms. The van der Waals surface area contributed by atoms with E-state index in [9.17, 15) is 4.39 Å². The largest absolute Gasteiger partial charge is 0.212 e. The molecule has 0 amide bonds. The Kier molecular flexibility index (Phi) is 1.83. The van der Waals surface area contributed by atoms with E-state index in [1.54, 1.807) is 6.08 Å². The molecule has 48 valence electrons. The normalized spacial score (nSPS) is 22.4. The fourth-order valence-electron chi connectivity index (χ4n) is 0.769. The Morgan fingerprint density at radius 2 is 2.33 bits per heavy atom. The van der Waals surface area contributed by atoms with E-state index in [4.69, 9.17) is 0 Å². The zero-order chi connectivity index (χ0) is 6.69. The van der Waals surface area contributed by atoms with Crippen LogP contribution in [0.25, 0.3) is 0 Å². The van der Waals surface area contributed by atoms with Gasteiger partial charge in [-0.05, 0) is 18.9 Å². The van der Waals surface area contributed by atoms with Gasteiger partial charge in [0.15, 0.2) is 0 Å². The third-order valence-electron chi connectivity index (χ3n) is 1.32. The second kappa shape index (κ2) is 2.62. The third-order valence-corrected chi connectivity index (χ3v) is 1.32. The van der Waals surface area contributed by atoms with Crippen molar-refractivity contribution in [1.29, 1.82) is 0 Å². The minimum absolute atomic E-state index is 0.0735. The predicted molar refractivity (Wildman–Crippen MR) is 36.7 cm³/mol. The first-order chi connectivity index (χ1) is 4.30. The highest BCUT2D eigenvalue weighted by molar-refractivity contribution is 5.30. The summed E-state index contributed by atoms with van der Waals surface area (Å²) in [6.45, 7) is 1.48. The lowest BCUT2D eigenvalue weighted by Crippen LogP contribution is -1.81. The van der Waals surface area contributed by atoms with Gasteiger partial charge in [-0.15, -0.1) is 0 Å². The molecule has 0 bridgehead atoms. The quantitative estimate of drug-likeness (QED) is 0.465. The van der Waals surface area contributed by atoms with Crippen molar-refractivity contribution in [3.63, 3.8) is 0 Å². The van der Waals surface area contributed by atoms with Crippen molar-refractivity contribution < 1.29 is 4.39 Å². The summed E-state index contributed by atoms with van der Waals surface area (Å²) in [5, 5.41) is 0. The first-order valence-electron chi connectivity index (χ1n) is 2.99. The van der Waals surface area contributed by atoms with Crippen LogP contribution in [0.15, 0.2) is 35.7 Å². The summed E-state index contributed by atoms with van der Waals surface area (Å²) in [6.07, 6.45) is 8.25. The van der Waals surface area contributed by atoms with Gasteiger partial charge >= 0.3 is 0 Å². The van der Waals surface area contributed by atoms with Crippen molar-refractivity contribution >= 4 is 0 Å². The summed E-state index contributed by atoms with van der Waals surface area (Å²) in [6, 6.07) is 0. The number of hydrogen-bond donors (Lipinski definition) is 0. The number of rotatable bonds is 0. The van der Waals surface area contributed by atoms with Gasteiger partial charge in [-0.1, -0.05) is 24.3 Å². The lowest BCUT2D eigenvalue weighted by Gasteiger charge is -2.00. The number of halogens is 1. The molecule has 1 rings (SSSR count). The van der Waals surface area contributed by atoms with Crippen molar-refractivity contribution in [3.05, 3.63) is 35.7 Å². The van der Waals surface area contributed by atoms with Crippen molar-refractivity contribution in [1.82, 2.24) is 0 Å². The molecule has 0 saturated heterocycles. The molecule has 1 aliphatic carbocycles. The van der Waals surface area contributed by atoms with Crippen LogP contribution >= 0.6 is 0 Å². The summed E-state index contributed by atoms with van der Waals surface area (Å²) in [5.74, 6) is -0.0735. The smallest absolute Gasteiger partial charge is 0.100 e. The molecule has 0 nitrogen and oxygen atoms in total. The lowest BCUT2D eigenvalue weighted by molar-refractivity contribution is 0.628. The van der Waals surface area contributed by atoms with Gasteiger partial charge in [0.2, 0.25) is 0 Å². The summed E-state index contributed by atoms with van der Waals surface area (Å²) in [4.78, 5) is 0. The molecule has 0 heterocycles. The maximum absolute atomic E-state index is 12.4. The van der Waals surface area contributed by atoms with Gasteiger partial charge in [0.05, 0.1) is 0 Å². The van der Waals surface area contributed by atoms with Crippen LogP contribution in [0.3, 0.4) is 0 Å². The van der Waals surface area contributed by atoms with E-state index in [1.165, 1.54) is 6.92 Å². The van der Waals surface area contributed by atoms with E-state index < -0.39 is 0 Å². The second-order valence-corrected chi connectivity index (χ2v) is 2.05. The highest BCUT2D eigenvalue weighted by atomic mass is 19.1. The zero-order valence-electron chi connectivity index (χ0n) is 5.39. The Bertz CT molecular complexity index is 181.